The van der Waals surface area contributed by atoms with Crippen molar-refractivity contribution >= 4 is 45.7 Å². The summed E-state index contributed by atoms with van der Waals surface area (Å²) >= 11 is 0.909. The molecular weight excluding hydrogens is 458 g/mol. The maximum Gasteiger partial charge on any atom is 0.294 e. The van der Waals surface area contributed by atoms with Crippen molar-refractivity contribution in [2.75, 3.05) is 19.6 Å². The molecule has 0 bridgehead atoms. The molecule has 3 aromatic rings. The minimum Gasteiger partial charge on any atom is -0.341 e. The number of fused-ring (bicyclic) bond motifs is 1. The number of imide groups is 1. The Morgan fingerprint density at radius 1 is 0.943 bits per heavy atom. The fraction of sp³-hybridized carbons (Fsp3) is 0.321. The van der Waals surface area contributed by atoms with Gasteiger partial charge in [-0.1, -0.05) is 43.2 Å². The van der Waals surface area contributed by atoms with E-state index in [1.54, 1.807) is 11.0 Å². The fourth-order valence-electron chi connectivity index (χ4n) is 4.98. The van der Waals surface area contributed by atoms with Gasteiger partial charge in [-0.2, -0.15) is 0 Å². The van der Waals surface area contributed by atoms with Crippen molar-refractivity contribution in [3.05, 3.63) is 70.4 Å². The topological polar surface area (TPSA) is 62.6 Å². The molecule has 1 aromatic heterocycles. The molecule has 7 heteroatoms. The lowest BCUT2D eigenvalue weighted by Gasteiger charge is -2.22. The van der Waals surface area contributed by atoms with E-state index < -0.39 is 5.91 Å². The molecule has 3 heterocycles. The van der Waals surface area contributed by atoms with Crippen molar-refractivity contribution in [2.45, 2.75) is 39.5 Å². The average molecular weight is 488 g/mol. The van der Waals surface area contributed by atoms with Crippen molar-refractivity contribution in [2.24, 2.45) is 0 Å². The van der Waals surface area contributed by atoms with Crippen LogP contribution in [0.2, 0.25) is 0 Å². The molecule has 2 saturated heterocycles. The van der Waals surface area contributed by atoms with E-state index in [0.717, 1.165) is 70.4 Å². The highest BCUT2D eigenvalue weighted by Crippen LogP contribution is 2.34. The number of benzene rings is 2. The summed E-state index contributed by atoms with van der Waals surface area (Å²) in [7, 11) is 0. The van der Waals surface area contributed by atoms with Gasteiger partial charge in [-0.15, -0.1) is 0 Å². The zero-order chi connectivity index (χ0) is 24.5. The smallest absolute Gasteiger partial charge is 0.294 e. The normalized spacial score (nSPS) is 18.1. The Kier molecular flexibility index (Phi) is 6.52. The van der Waals surface area contributed by atoms with Gasteiger partial charge in [0.05, 0.1) is 4.91 Å². The lowest BCUT2D eigenvalue weighted by molar-refractivity contribution is -0.135. The lowest BCUT2D eigenvalue weighted by Crippen LogP contribution is -2.42. The highest BCUT2D eigenvalue weighted by molar-refractivity contribution is 8.18. The van der Waals surface area contributed by atoms with E-state index in [-0.39, 0.29) is 17.7 Å². The summed E-state index contributed by atoms with van der Waals surface area (Å²) in [4.78, 5) is 41.7. The second kappa shape index (κ2) is 9.74. The number of aryl methyl sites for hydroxylation is 1. The van der Waals surface area contributed by atoms with E-state index in [4.69, 9.17) is 0 Å². The Morgan fingerprint density at radius 2 is 1.66 bits per heavy atom. The number of carbonyl (C=O) groups excluding carboxylic acids is 3. The van der Waals surface area contributed by atoms with E-state index in [1.807, 2.05) is 32.0 Å². The minimum atomic E-state index is -0.390. The first-order valence-corrected chi connectivity index (χ1v) is 13.0. The maximum atomic E-state index is 13.1. The van der Waals surface area contributed by atoms with Crippen LogP contribution in [-0.4, -0.2) is 51.1 Å². The van der Waals surface area contributed by atoms with E-state index in [0.29, 0.717) is 18.0 Å². The summed E-state index contributed by atoms with van der Waals surface area (Å²) in [6.07, 6.45) is 5.96. The van der Waals surface area contributed by atoms with Crippen molar-refractivity contribution in [1.82, 2.24) is 14.4 Å². The molecule has 0 unspecified atom stereocenters. The molecule has 2 aliphatic heterocycles. The first kappa shape index (κ1) is 23.4. The van der Waals surface area contributed by atoms with Crippen LogP contribution in [-0.2, 0) is 9.59 Å². The number of amides is 3. The summed E-state index contributed by atoms with van der Waals surface area (Å²) in [6, 6.07) is 16.6. The molecule has 3 amide bonds. The van der Waals surface area contributed by atoms with Crippen LogP contribution in [0.3, 0.4) is 0 Å². The van der Waals surface area contributed by atoms with Crippen LogP contribution < -0.4 is 0 Å². The lowest BCUT2D eigenvalue weighted by atomic mass is 10.1. The van der Waals surface area contributed by atoms with Crippen molar-refractivity contribution in [1.29, 1.82) is 0 Å². The van der Waals surface area contributed by atoms with Crippen molar-refractivity contribution in [3.8, 4) is 5.69 Å². The van der Waals surface area contributed by atoms with Gasteiger partial charge in [-0.25, -0.2) is 0 Å². The van der Waals surface area contributed by atoms with E-state index in [2.05, 4.69) is 34.9 Å². The van der Waals surface area contributed by atoms with Crippen LogP contribution in [0.15, 0.2) is 53.4 Å². The van der Waals surface area contributed by atoms with E-state index >= 15 is 0 Å². The Bertz CT molecular complexity index is 1350. The monoisotopic (exact) mass is 487 g/mol. The van der Waals surface area contributed by atoms with Gasteiger partial charge in [-0.3, -0.25) is 19.3 Å². The fourth-order valence-corrected chi connectivity index (χ4v) is 5.81. The highest BCUT2D eigenvalue weighted by atomic mass is 32.2. The van der Waals surface area contributed by atoms with E-state index in [9.17, 15) is 14.4 Å². The van der Waals surface area contributed by atoms with Gasteiger partial charge in [-0.05, 0) is 79.1 Å². The van der Waals surface area contributed by atoms with Crippen LogP contribution in [0.1, 0.15) is 42.6 Å². The number of hydrogen-bond acceptors (Lipinski definition) is 4. The predicted octanol–water partition coefficient (Wildman–Crippen LogP) is 5.69. The third-order valence-electron chi connectivity index (χ3n) is 6.87. The summed E-state index contributed by atoms with van der Waals surface area (Å²) in [6.45, 7) is 5.27. The summed E-state index contributed by atoms with van der Waals surface area (Å²) in [5.41, 5.74) is 3.97. The van der Waals surface area contributed by atoms with Gasteiger partial charge >= 0.3 is 0 Å². The highest BCUT2D eigenvalue weighted by Gasteiger charge is 2.37. The number of rotatable bonds is 4. The van der Waals surface area contributed by atoms with Gasteiger partial charge in [0.1, 0.15) is 6.54 Å². The molecule has 0 radical (unpaired) electrons. The molecule has 2 aromatic carbocycles. The molecular formula is C28H29N3O3S. The molecule has 2 fully saturated rings. The second-order valence-corrected chi connectivity index (χ2v) is 10.2. The molecule has 0 aliphatic carbocycles. The number of aromatic nitrogens is 1. The van der Waals surface area contributed by atoms with Gasteiger partial charge in [0.25, 0.3) is 11.1 Å². The Labute approximate surface area is 209 Å². The molecule has 0 saturated carbocycles. The molecule has 35 heavy (non-hydrogen) atoms. The van der Waals surface area contributed by atoms with Gasteiger partial charge in [0, 0.05) is 30.2 Å². The largest absolute Gasteiger partial charge is 0.341 e. The molecule has 2 aliphatic rings. The molecule has 0 atom stereocenters. The number of nitrogens with zero attached hydrogens (tertiary/aromatic N) is 3. The predicted molar refractivity (Wildman–Crippen MR) is 140 cm³/mol. The Balaban J connectivity index is 1.38. The number of thioether (sulfide) groups is 1. The maximum absolute atomic E-state index is 13.1. The van der Waals surface area contributed by atoms with Crippen LogP contribution in [0.25, 0.3) is 22.5 Å². The van der Waals surface area contributed by atoms with Gasteiger partial charge in [0.15, 0.2) is 0 Å². The number of carbonyl (C=O) groups is 3. The van der Waals surface area contributed by atoms with Crippen LogP contribution in [0, 0.1) is 13.8 Å². The zero-order valence-corrected chi connectivity index (χ0v) is 20.9. The molecule has 0 spiro atoms. The number of hydrogen-bond donors (Lipinski definition) is 0. The van der Waals surface area contributed by atoms with Gasteiger partial charge in [0.2, 0.25) is 5.91 Å². The zero-order valence-electron chi connectivity index (χ0n) is 20.1. The standard InChI is InChI=1S/C28H29N3O3S/c1-19-15-23(20(2)31(19)24-12-11-21-9-5-6-10-22(21)16-24)17-25-27(33)30(28(34)35-25)18-26(32)29-13-7-3-4-8-14-29/h5-6,9-12,15-17H,3-4,7-8,13-14,18H2,1-2H3. The number of likely N-dealkylation sites (tertiary alicyclic amines) is 1. The second-order valence-electron chi connectivity index (χ2n) is 9.26. The Hall–Kier alpha value is -3.32. The average Bonchev–Trinajstić information content (AvgIpc) is 3.13. The summed E-state index contributed by atoms with van der Waals surface area (Å²) < 4.78 is 2.16. The van der Waals surface area contributed by atoms with Crippen molar-refractivity contribution in [3.63, 3.8) is 0 Å². The van der Waals surface area contributed by atoms with Gasteiger partial charge < -0.3 is 9.47 Å². The molecule has 5 rings (SSSR count). The molecule has 180 valence electrons. The van der Waals surface area contributed by atoms with Crippen LogP contribution in [0.4, 0.5) is 4.79 Å². The first-order valence-electron chi connectivity index (χ1n) is 12.1. The van der Waals surface area contributed by atoms with Crippen molar-refractivity contribution < 1.29 is 14.4 Å². The molecule has 0 N–H and O–H groups in total. The molecule has 6 nitrogen and oxygen atoms in total. The summed E-state index contributed by atoms with van der Waals surface area (Å²) in [5.74, 6) is -0.538. The minimum absolute atomic E-state index is 0.148. The SMILES string of the molecule is Cc1cc(C=C2SC(=O)N(CC(=O)N3CCCCCC3)C2=O)c(C)n1-c1ccc2ccccc2c1. The first-order chi connectivity index (χ1) is 16.9. The summed E-state index contributed by atoms with van der Waals surface area (Å²) in [5, 5.41) is 1.96. The quantitative estimate of drug-likeness (QED) is 0.444. The van der Waals surface area contributed by atoms with Crippen LogP contribution >= 0.6 is 11.8 Å². The van der Waals surface area contributed by atoms with E-state index in [1.165, 1.54) is 5.39 Å². The third kappa shape index (κ3) is 4.65. The van der Waals surface area contributed by atoms with Crippen LogP contribution in [0.5, 0.6) is 0 Å². The third-order valence-corrected chi connectivity index (χ3v) is 7.78. The Morgan fingerprint density at radius 3 is 2.40 bits per heavy atom.